The summed E-state index contributed by atoms with van der Waals surface area (Å²) >= 11 is 0. The van der Waals surface area contributed by atoms with Crippen LogP contribution >= 0.6 is 0 Å². The molecule has 1 fully saturated rings. The van der Waals surface area contributed by atoms with E-state index < -0.39 is 0 Å². The number of ether oxygens (including phenoxy) is 1. The van der Waals surface area contributed by atoms with Crippen LogP contribution in [0.25, 0.3) is 0 Å². The maximum atomic E-state index is 5.36. The largest absolute Gasteiger partial charge is 0.495 e. The molecule has 116 valence electrons. The van der Waals surface area contributed by atoms with Crippen molar-refractivity contribution >= 4 is 17.3 Å². The van der Waals surface area contributed by atoms with E-state index in [1.54, 1.807) is 7.11 Å². The van der Waals surface area contributed by atoms with Gasteiger partial charge in [-0.25, -0.2) is 9.97 Å². The van der Waals surface area contributed by atoms with Gasteiger partial charge in [-0.1, -0.05) is 25.0 Å². The molecular weight excluding hydrogens is 276 g/mol. The van der Waals surface area contributed by atoms with Gasteiger partial charge in [0, 0.05) is 12.1 Å². The number of benzene rings is 1. The molecule has 2 N–H and O–H groups in total. The minimum absolute atomic E-state index is 0.536. The molecule has 5 heteroatoms. The van der Waals surface area contributed by atoms with Crippen molar-refractivity contribution in [1.29, 1.82) is 0 Å². The number of aryl methyl sites for hydroxylation is 1. The average Bonchev–Trinajstić information content (AvgIpc) is 3.00. The molecule has 3 rings (SSSR count). The Morgan fingerprint density at radius 3 is 2.59 bits per heavy atom. The lowest BCUT2D eigenvalue weighted by Crippen LogP contribution is -2.16. The molecule has 2 aromatic rings. The Morgan fingerprint density at radius 1 is 1.09 bits per heavy atom. The molecule has 0 saturated heterocycles. The second kappa shape index (κ2) is 6.64. The van der Waals surface area contributed by atoms with Crippen LogP contribution in [0.4, 0.5) is 17.3 Å². The van der Waals surface area contributed by atoms with E-state index >= 15 is 0 Å². The quantitative estimate of drug-likeness (QED) is 0.877. The van der Waals surface area contributed by atoms with E-state index in [0.717, 1.165) is 28.9 Å². The minimum atomic E-state index is 0.536. The number of hydrogen-bond acceptors (Lipinski definition) is 5. The van der Waals surface area contributed by atoms with Crippen molar-refractivity contribution in [1.82, 2.24) is 9.97 Å². The number of para-hydroxylation sites is 2. The van der Waals surface area contributed by atoms with Gasteiger partial charge in [-0.2, -0.15) is 0 Å². The fourth-order valence-electron chi connectivity index (χ4n) is 2.87. The number of hydrogen-bond donors (Lipinski definition) is 2. The number of nitrogens with zero attached hydrogens (tertiary/aromatic N) is 2. The molecule has 0 amide bonds. The van der Waals surface area contributed by atoms with Crippen molar-refractivity contribution in [3.05, 3.63) is 36.2 Å². The molecule has 1 aliphatic carbocycles. The van der Waals surface area contributed by atoms with Gasteiger partial charge in [0.1, 0.15) is 23.2 Å². The minimum Gasteiger partial charge on any atom is -0.495 e. The van der Waals surface area contributed by atoms with Crippen molar-refractivity contribution in [2.75, 3.05) is 17.7 Å². The van der Waals surface area contributed by atoms with Gasteiger partial charge in [0.25, 0.3) is 0 Å². The number of aromatic nitrogens is 2. The highest BCUT2D eigenvalue weighted by molar-refractivity contribution is 5.65. The average molecular weight is 298 g/mol. The predicted octanol–water partition coefficient (Wildman–Crippen LogP) is 3.89. The number of nitrogens with one attached hydrogen (secondary N) is 2. The standard InChI is InChI=1S/C17H22N4O/c1-12-18-16(20-13-7-3-4-8-13)11-17(19-12)21-14-9-5-6-10-15(14)22-2/h5-6,9-11,13H,3-4,7-8H2,1-2H3,(H2,18,19,20,21). The number of anilines is 3. The molecule has 0 radical (unpaired) electrons. The van der Waals surface area contributed by atoms with Crippen molar-refractivity contribution in [3.63, 3.8) is 0 Å². The van der Waals surface area contributed by atoms with Crippen molar-refractivity contribution < 1.29 is 4.74 Å². The zero-order valence-electron chi connectivity index (χ0n) is 13.1. The zero-order chi connectivity index (χ0) is 15.4. The van der Waals surface area contributed by atoms with Crippen LogP contribution in [-0.2, 0) is 0 Å². The lowest BCUT2D eigenvalue weighted by Gasteiger charge is -2.15. The Hall–Kier alpha value is -2.30. The first-order valence-electron chi connectivity index (χ1n) is 7.77. The summed E-state index contributed by atoms with van der Waals surface area (Å²) in [6.07, 6.45) is 5.04. The summed E-state index contributed by atoms with van der Waals surface area (Å²) in [4.78, 5) is 8.95. The van der Waals surface area contributed by atoms with Crippen LogP contribution in [0.1, 0.15) is 31.5 Å². The van der Waals surface area contributed by atoms with Gasteiger partial charge in [0.05, 0.1) is 12.8 Å². The molecule has 0 unspecified atom stereocenters. The van der Waals surface area contributed by atoms with E-state index in [0.29, 0.717) is 6.04 Å². The third-order valence-corrected chi connectivity index (χ3v) is 3.91. The van der Waals surface area contributed by atoms with Crippen LogP contribution in [0.3, 0.4) is 0 Å². The molecule has 1 heterocycles. The monoisotopic (exact) mass is 298 g/mol. The number of rotatable bonds is 5. The molecule has 22 heavy (non-hydrogen) atoms. The van der Waals surface area contributed by atoms with Gasteiger partial charge in [0.2, 0.25) is 0 Å². The van der Waals surface area contributed by atoms with Crippen LogP contribution in [0.15, 0.2) is 30.3 Å². The van der Waals surface area contributed by atoms with Crippen LogP contribution in [0.5, 0.6) is 5.75 Å². The van der Waals surface area contributed by atoms with E-state index in [9.17, 15) is 0 Å². The van der Waals surface area contributed by atoms with Gasteiger partial charge in [-0.15, -0.1) is 0 Å². The van der Waals surface area contributed by atoms with Crippen LogP contribution in [-0.4, -0.2) is 23.1 Å². The zero-order valence-corrected chi connectivity index (χ0v) is 13.1. The smallest absolute Gasteiger partial charge is 0.142 e. The lowest BCUT2D eigenvalue weighted by molar-refractivity contribution is 0.417. The van der Waals surface area contributed by atoms with Gasteiger partial charge in [-0.05, 0) is 31.9 Å². The molecule has 0 aliphatic heterocycles. The molecule has 0 atom stereocenters. The Balaban J connectivity index is 1.79. The summed E-state index contributed by atoms with van der Waals surface area (Å²) in [5.41, 5.74) is 0.898. The molecule has 1 saturated carbocycles. The van der Waals surface area contributed by atoms with Gasteiger partial charge in [0.15, 0.2) is 0 Å². The van der Waals surface area contributed by atoms with Crippen molar-refractivity contribution in [2.24, 2.45) is 0 Å². The molecule has 0 bridgehead atoms. The van der Waals surface area contributed by atoms with Crippen LogP contribution in [0.2, 0.25) is 0 Å². The van der Waals surface area contributed by atoms with Crippen molar-refractivity contribution in [2.45, 2.75) is 38.6 Å². The third-order valence-electron chi connectivity index (χ3n) is 3.91. The Labute approximate surface area is 131 Å². The summed E-state index contributed by atoms with van der Waals surface area (Å²) in [6.45, 7) is 1.91. The summed E-state index contributed by atoms with van der Waals surface area (Å²) < 4.78 is 5.36. The topological polar surface area (TPSA) is 59.1 Å². The molecule has 0 spiro atoms. The first-order chi connectivity index (χ1) is 10.7. The second-order valence-electron chi connectivity index (χ2n) is 5.64. The Kier molecular flexibility index (Phi) is 4.42. The van der Waals surface area contributed by atoms with E-state index in [2.05, 4.69) is 20.6 Å². The fraction of sp³-hybridized carbons (Fsp3) is 0.412. The molecule has 1 aromatic heterocycles. The number of methoxy groups -OCH3 is 1. The van der Waals surface area contributed by atoms with Crippen LogP contribution in [0, 0.1) is 6.92 Å². The fourth-order valence-corrected chi connectivity index (χ4v) is 2.87. The predicted molar refractivity (Wildman–Crippen MR) is 88.9 cm³/mol. The van der Waals surface area contributed by atoms with E-state index in [1.165, 1.54) is 25.7 Å². The highest BCUT2D eigenvalue weighted by Crippen LogP contribution is 2.27. The van der Waals surface area contributed by atoms with Crippen LogP contribution < -0.4 is 15.4 Å². The van der Waals surface area contributed by atoms with Gasteiger partial charge in [-0.3, -0.25) is 0 Å². The van der Waals surface area contributed by atoms with E-state index in [-0.39, 0.29) is 0 Å². The second-order valence-corrected chi connectivity index (χ2v) is 5.64. The lowest BCUT2D eigenvalue weighted by atomic mass is 10.2. The summed E-state index contributed by atoms with van der Waals surface area (Å²) in [5.74, 6) is 3.21. The highest BCUT2D eigenvalue weighted by atomic mass is 16.5. The van der Waals surface area contributed by atoms with E-state index in [4.69, 9.17) is 4.74 Å². The van der Waals surface area contributed by atoms with Gasteiger partial charge < -0.3 is 15.4 Å². The summed E-state index contributed by atoms with van der Waals surface area (Å²) in [5, 5.41) is 6.83. The first kappa shape index (κ1) is 14.6. The van der Waals surface area contributed by atoms with Crippen molar-refractivity contribution in [3.8, 4) is 5.75 Å². The maximum absolute atomic E-state index is 5.36. The molecular formula is C17H22N4O. The Morgan fingerprint density at radius 2 is 1.82 bits per heavy atom. The van der Waals surface area contributed by atoms with E-state index in [1.807, 2.05) is 37.3 Å². The maximum Gasteiger partial charge on any atom is 0.142 e. The molecule has 1 aliphatic rings. The summed E-state index contributed by atoms with van der Waals surface area (Å²) in [6, 6.07) is 10.3. The summed E-state index contributed by atoms with van der Waals surface area (Å²) in [7, 11) is 1.67. The molecule has 5 nitrogen and oxygen atoms in total. The first-order valence-corrected chi connectivity index (χ1v) is 7.77. The third kappa shape index (κ3) is 3.47. The SMILES string of the molecule is COc1ccccc1Nc1cc(NC2CCCC2)nc(C)n1. The molecule has 1 aromatic carbocycles. The highest BCUT2D eigenvalue weighted by Gasteiger charge is 2.15. The Bertz CT molecular complexity index is 638. The van der Waals surface area contributed by atoms with Gasteiger partial charge >= 0.3 is 0 Å². The normalized spacial score (nSPS) is 14.8.